The van der Waals surface area contributed by atoms with Crippen LogP contribution in [0.4, 0.5) is 13.2 Å². The summed E-state index contributed by atoms with van der Waals surface area (Å²) in [4.78, 5) is 4.97. The summed E-state index contributed by atoms with van der Waals surface area (Å²) < 4.78 is 39.0. The van der Waals surface area contributed by atoms with Gasteiger partial charge in [-0.15, -0.1) is 11.3 Å². The van der Waals surface area contributed by atoms with Crippen LogP contribution in [0.25, 0.3) is 0 Å². The van der Waals surface area contributed by atoms with Crippen molar-refractivity contribution in [2.75, 3.05) is 0 Å². The van der Waals surface area contributed by atoms with Crippen LogP contribution in [-0.2, 0) is 12.7 Å². The Bertz CT molecular complexity index is 579. The molecule has 0 atom stereocenters. The highest BCUT2D eigenvalue weighted by atomic mass is 32.2. The lowest BCUT2D eigenvalue weighted by Gasteiger charge is -2.12. The van der Waals surface area contributed by atoms with E-state index in [1.54, 1.807) is 0 Å². The van der Waals surface area contributed by atoms with Gasteiger partial charge in [0.1, 0.15) is 0 Å². The van der Waals surface area contributed by atoms with Crippen LogP contribution in [0.2, 0.25) is 0 Å². The molecule has 0 aliphatic heterocycles. The summed E-state index contributed by atoms with van der Waals surface area (Å²) in [5.41, 5.74) is 5.72. The number of thiazole rings is 1. The van der Waals surface area contributed by atoms with Gasteiger partial charge in [-0.3, -0.25) is 0 Å². The van der Waals surface area contributed by atoms with Crippen molar-refractivity contribution in [1.29, 1.82) is 0 Å². The fraction of sp³-hybridized carbons (Fsp3) is 0.250. The van der Waals surface area contributed by atoms with E-state index in [-0.39, 0.29) is 12.1 Å². The van der Waals surface area contributed by atoms with Crippen LogP contribution in [0.15, 0.2) is 32.8 Å². The molecule has 2 N–H and O–H groups in total. The summed E-state index contributed by atoms with van der Waals surface area (Å²) in [6.07, 6.45) is -4.37. The van der Waals surface area contributed by atoms with E-state index < -0.39 is 11.7 Å². The molecule has 0 aliphatic rings. The molecule has 0 saturated carbocycles. The first-order valence-electron chi connectivity index (χ1n) is 5.40. The Balaban J connectivity index is 2.29. The van der Waals surface area contributed by atoms with Crippen LogP contribution in [0.3, 0.4) is 0 Å². The molecule has 0 radical (unpaired) electrons. The van der Waals surface area contributed by atoms with Crippen molar-refractivity contribution in [2.45, 2.75) is 28.9 Å². The topological polar surface area (TPSA) is 38.9 Å². The zero-order valence-corrected chi connectivity index (χ0v) is 11.6. The molecule has 1 aromatic carbocycles. The lowest BCUT2D eigenvalue weighted by atomic mass is 10.1. The summed E-state index contributed by atoms with van der Waals surface area (Å²) in [5.74, 6) is 0. The number of aryl methyl sites for hydroxylation is 1. The standard InChI is InChI=1S/C12H11F3N2S2/c1-7-6-18-11(17-7)19-9-2-3-10(12(13,14)15)8(4-9)5-16/h2-4,6H,5,16H2,1H3. The number of benzene rings is 1. The van der Waals surface area contributed by atoms with E-state index in [1.807, 2.05) is 12.3 Å². The van der Waals surface area contributed by atoms with Gasteiger partial charge >= 0.3 is 6.18 Å². The maximum absolute atomic E-state index is 12.7. The van der Waals surface area contributed by atoms with Gasteiger partial charge in [0.05, 0.1) is 5.56 Å². The molecule has 0 amide bonds. The smallest absolute Gasteiger partial charge is 0.326 e. The molecular weight excluding hydrogens is 293 g/mol. The van der Waals surface area contributed by atoms with Crippen LogP contribution in [0.1, 0.15) is 16.8 Å². The normalized spacial score (nSPS) is 11.8. The van der Waals surface area contributed by atoms with E-state index in [1.165, 1.54) is 35.2 Å². The van der Waals surface area contributed by atoms with Crippen molar-refractivity contribution in [2.24, 2.45) is 5.73 Å². The van der Waals surface area contributed by atoms with E-state index >= 15 is 0 Å². The molecule has 1 heterocycles. The lowest BCUT2D eigenvalue weighted by Crippen LogP contribution is -2.11. The average molecular weight is 304 g/mol. The molecule has 0 saturated heterocycles. The highest BCUT2D eigenvalue weighted by molar-refractivity contribution is 8.01. The predicted octanol–water partition coefficient (Wildman–Crippen LogP) is 4.08. The Morgan fingerprint density at radius 3 is 2.63 bits per heavy atom. The molecule has 7 heteroatoms. The van der Waals surface area contributed by atoms with Crippen molar-refractivity contribution >= 4 is 23.1 Å². The van der Waals surface area contributed by atoms with Crippen LogP contribution in [-0.4, -0.2) is 4.98 Å². The van der Waals surface area contributed by atoms with Gasteiger partial charge in [-0.2, -0.15) is 13.2 Å². The van der Waals surface area contributed by atoms with Crippen LogP contribution >= 0.6 is 23.1 Å². The van der Waals surface area contributed by atoms with Gasteiger partial charge < -0.3 is 5.73 Å². The van der Waals surface area contributed by atoms with Gasteiger partial charge in [-0.25, -0.2) is 4.98 Å². The van der Waals surface area contributed by atoms with E-state index in [0.29, 0.717) is 4.90 Å². The van der Waals surface area contributed by atoms with Crippen LogP contribution in [0.5, 0.6) is 0 Å². The fourth-order valence-electron chi connectivity index (χ4n) is 1.56. The number of halogens is 3. The lowest BCUT2D eigenvalue weighted by molar-refractivity contribution is -0.138. The average Bonchev–Trinajstić information content (AvgIpc) is 2.73. The maximum atomic E-state index is 12.7. The molecule has 1 aromatic heterocycles. The molecule has 102 valence electrons. The molecule has 0 aliphatic carbocycles. The summed E-state index contributed by atoms with van der Waals surface area (Å²) in [5, 5.41) is 1.90. The molecule has 0 spiro atoms. The van der Waals surface area contributed by atoms with Crippen molar-refractivity contribution in [3.63, 3.8) is 0 Å². The molecular formula is C12H11F3N2S2. The number of nitrogens with zero attached hydrogens (tertiary/aromatic N) is 1. The zero-order valence-electron chi connectivity index (χ0n) is 9.99. The minimum Gasteiger partial charge on any atom is -0.326 e. The Kier molecular flexibility index (Phi) is 4.17. The Labute approximate surface area is 116 Å². The first-order valence-corrected chi connectivity index (χ1v) is 7.10. The van der Waals surface area contributed by atoms with Crippen molar-refractivity contribution in [1.82, 2.24) is 4.98 Å². The molecule has 2 rings (SSSR count). The molecule has 2 aromatic rings. The largest absolute Gasteiger partial charge is 0.416 e. The van der Waals surface area contributed by atoms with E-state index in [9.17, 15) is 13.2 Å². The summed E-state index contributed by atoms with van der Waals surface area (Å²) in [6.45, 7) is 1.73. The van der Waals surface area contributed by atoms with Crippen LogP contribution < -0.4 is 5.73 Å². The van der Waals surface area contributed by atoms with Gasteiger partial charge in [0.15, 0.2) is 4.34 Å². The Morgan fingerprint density at radius 2 is 2.11 bits per heavy atom. The van der Waals surface area contributed by atoms with Gasteiger partial charge in [0.2, 0.25) is 0 Å². The number of rotatable bonds is 3. The quantitative estimate of drug-likeness (QED) is 0.928. The molecule has 2 nitrogen and oxygen atoms in total. The first-order chi connectivity index (χ1) is 8.90. The minimum absolute atomic E-state index is 0.103. The van der Waals surface area contributed by atoms with E-state index in [0.717, 1.165) is 16.1 Å². The van der Waals surface area contributed by atoms with Crippen molar-refractivity contribution in [3.05, 3.63) is 40.4 Å². The number of alkyl halides is 3. The second kappa shape index (κ2) is 5.52. The van der Waals surface area contributed by atoms with E-state index in [2.05, 4.69) is 4.98 Å². The summed E-state index contributed by atoms with van der Waals surface area (Å²) >= 11 is 2.81. The third kappa shape index (κ3) is 3.49. The number of hydrogen-bond donors (Lipinski definition) is 1. The SMILES string of the molecule is Cc1csc(Sc2ccc(C(F)(F)F)c(CN)c2)n1. The van der Waals surface area contributed by atoms with Crippen LogP contribution in [0, 0.1) is 6.92 Å². The van der Waals surface area contributed by atoms with Crippen molar-refractivity contribution < 1.29 is 13.2 Å². The third-order valence-electron chi connectivity index (χ3n) is 2.41. The van der Waals surface area contributed by atoms with Gasteiger partial charge in [0, 0.05) is 22.5 Å². The van der Waals surface area contributed by atoms with E-state index in [4.69, 9.17) is 5.73 Å². The van der Waals surface area contributed by atoms with Gasteiger partial charge in [0.25, 0.3) is 0 Å². The number of nitrogens with two attached hydrogens (primary N) is 1. The van der Waals surface area contributed by atoms with Gasteiger partial charge in [-0.05, 0) is 30.7 Å². The third-order valence-corrected chi connectivity index (χ3v) is 4.45. The molecule has 0 bridgehead atoms. The minimum atomic E-state index is -4.37. The first kappa shape index (κ1) is 14.4. The maximum Gasteiger partial charge on any atom is 0.416 e. The monoisotopic (exact) mass is 304 g/mol. The molecule has 0 fully saturated rings. The number of aromatic nitrogens is 1. The molecule has 0 unspecified atom stereocenters. The second-order valence-corrected chi connectivity index (χ2v) is 6.06. The summed E-state index contributed by atoms with van der Waals surface area (Å²) in [7, 11) is 0. The predicted molar refractivity (Wildman–Crippen MR) is 70.3 cm³/mol. The Hall–Kier alpha value is -1.05. The highest BCUT2D eigenvalue weighted by Gasteiger charge is 2.32. The fourth-order valence-corrected chi connectivity index (χ4v) is 3.43. The Morgan fingerprint density at radius 1 is 1.37 bits per heavy atom. The highest BCUT2D eigenvalue weighted by Crippen LogP contribution is 2.36. The zero-order chi connectivity index (χ0) is 14.0. The second-order valence-electron chi connectivity index (χ2n) is 3.88. The number of hydrogen-bond acceptors (Lipinski definition) is 4. The van der Waals surface area contributed by atoms with Crippen molar-refractivity contribution in [3.8, 4) is 0 Å². The van der Waals surface area contributed by atoms with Gasteiger partial charge in [-0.1, -0.05) is 11.8 Å². The molecule has 19 heavy (non-hydrogen) atoms. The summed E-state index contributed by atoms with van der Waals surface area (Å²) in [6, 6.07) is 4.00.